The summed E-state index contributed by atoms with van der Waals surface area (Å²) in [5, 5.41) is 0.921. The molecule has 20 heavy (non-hydrogen) atoms. The van der Waals surface area contributed by atoms with Gasteiger partial charge in [0.1, 0.15) is 0 Å². The fraction of sp³-hybridized carbons (Fsp3) is 0.368. The van der Waals surface area contributed by atoms with E-state index in [1.807, 2.05) is 0 Å². The number of hydrogen-bond acceptors (Lipinski definition) is 0. The Labute approximate surface area is 131 Å². The first-order valence-electron chi connectivity index (χ1n) is 7.57. The standard InChI is InChI=1S/C19H23Br/c1-2-3-4-5-6-16-7-11-18(12-8-16)19-13-9-17(15-20)10-14-19/h7-14H,2-6,15H2,1H3. The van der Waals surface area contributed by atoms with Crippen LogP contribution in [0.1, 0.15) is 43.7 Å². The molecule has 0 N–H and O–H groups in total. The second-order valence-corrected chi connectivity index (χ2v) is 5.90. The third kappa shape index (κ3) is 4.49. The summed E-state index contributed by atoms with van der Waals surface area (Å²) in [7, 11) is 0. The van der Waals surface area contributed by atoms with Crippen molar-refractivity contribution in [2.24, 2.45) is 0 Å². The van der Waals surface area contributed by atoms with Crippen LogP contribution in [0.15, 0.2) is 48.5 Å². The Kier molecular flexibility index (Phi) is 6.32. The molecular weight excluding hydrogens is 308 g/mol. The highest BCUT2D eigenvalue weighted by molar-refractivity contribution is 9.08. The molecule has 0 spiro atoms. The van der Waals surface area contributed by atoms with Crippen LogP contribution < -0.4 is 0 Å². The van der Waals surface area contributed by atoms with E-state index >= 15 is 0 Å². The minimum Gasteiger partial charge on any atom is -0.0876 e. The topological polar surface area (TPSA) is 0 Å². The smallest absolute Gasteiger partial charge is 0.0283 e. The molecule has 0 fully saturated rings. The number of rotatable bonds is 7. The van der Waals surface area contributed by atoms with Crippen LogP contribution in [-0.2, 0) is 11.8 Å². The van der Waals surface area contributed by atoms with Crippen molar-refractivity contribution in [2.75, 3.05) is 0 Å². The third-order valence-electron chi connectivity index (χ3n) is 3.71. The minimum atomic E-state index is 0.921. The Morgan fingerprint density at radius 3 is 1.75 bits per heavy atom. The Hall–Kier alpha value is -1.08. The maximum atomic E-state index is 3.48. The van der Waals surface area contributed by atoms with Crippen LogP contribution in [0.5, 0.6) is 0 Å². The molecule has 106 valence electrons. The Balaban J connectivity index is 1.96. The maximum Gasteiger partial charge on any atom is 0.0283 e. The van der Waals surface area contributed by atoms with Crippen molar-refractivity contribution in [2.45, 2.75) is 44.4 Å². The zero-order valence-electron chi connectivity index (χ0n) is 12.2. The molecule has 0 unspecified atom stereocenters. The van der Waals surface area contributed by atoms with Gasteiger partial charge >= 0.3 is 0 Å². The zero-order chi connectivity index (χ0) is 14.2. The second-order valence-electron chi connectivity index (χ2n) is 5.34. The van der Waals surface area contributed by atoms with Gasteiger partial charge in [0.2, 0.25) is 0 Å². The second kappa shape index (κ2) is 8.26. The lowest BCUT2D eigenvalue weighted by atomic mass is 10.0. The van der Waals surface area contributed by atoms with E-state index in [0.717, 1.165) is 5.33 Å². The van der Waals surface area contributed by atoms with Crippen molar-refractivity contribution < 1.29 is 0 Å². The normalized spacial score (nSPS) is 10.7. The molecule has 0 saturated carbocycles. The van der Waals surface area contributed by atoms with Crippen LogP contribution in [0.25, 0.3) is 11.1 Å². The lowest BCUT2D eigenvalue weighted by Gasteiger charge is -2.05. The summed E-state index contributed by atoms with van der Waals surface area (Å²) < 4.78 is 0. The Morgan fingerprint density at radius 2 is 1.25 bits per heavy atom. The average molecular weight is 331 g/mol. The van der Waals surface area contributed by atoms with Crippen molar-refractivity contribution in [3.05, 3.63) is 59.7 Å². The van der Waals surface area contributed by atoms with Gasteiger partial charge in [-0.25, -0.2) is 0 Å². The van der Waals surface area contributed by atoms with E-state index in [0.29, 0.717) is 0 Å². The van der Waals surface area contributed by atoms with E-state index < -0.39 is 0 Å². The van der Waals surface area contributed by atoms with E-state index in [4.69, 9.17) is 0 Å². The van der Waals surface area contributed by atoms with Gasteiger partial charge in [-0.05, 0) is 35.1 Å². The number of unbranched alkanes of at least 4 members (excludes halogenated alkanes) is 3. The molecular formula is C19H23Br. The molecule has 1 heteroatoms. The summed E-state index contributed by atoms with van der Waals surface area (Å²) in [5.74, 6) is 0. The van der Waals surface area contributed by atoms with Gasteiger partial charge in [0, 0.05) is 5.33 Å². The first-order valence-corrected chi connectivity index (χ1v) is 8.70. The lowest BCUT2D eigenvalue weighted by molar-refractivity contribution is 0.667. The molecule has 0 radical (unpaired) electrons. The molecule has 0 heterocycles. The van der Waals surface area contributed by atoms with E-state index in [9.17, 15) is 0 Å². The van der Waals surface area contributed by atoms with Crippen LogP contribution in [-0.4, -0.2) is 0 Å². The number of halogens is 1. The highest BCUT2D eigenvalue weighted by atomic mass is 79.9. The molecule has 0 bridgehead atoms. The summed E-state index contributed by atoms with van der Waals surface area (Å²) in [5.41, 5.74) is 5.39. The van der Waals surface area contributed by atoms with Gasteiger partial charge in [-0.1, -0.05) is 90.6 Å². The average Bonchev–Trinajstić information content (AvgIpc) is 2.52. The number of aryl methyl sites for hydroxylation is 1. The highest BCUT2D eigenvalue weighted by Crippen LogP contribution is 2.21. The predicted octanol–water partition coefficient (Wildman–Crippen LogP) is 6.37. The summed E-state index contributed by atoms with van der Waals surface area (Å²) in [6.45, 7) is 2.26. The molecule has 0 aliphatic heterocycles. The van der Waals surface area contributed by atoms with E-state index in [1.165, 1.54) is 54.4 Å². The third-order valence-corrected chi connectivity index (χ3v) is 4.36. The molecule has 0 nitrogen and oxygen atoms in total. The van der Waals surface area contributed by atoms with Crippen molar-refractivity contribution in [3.63, 3.8) is 0 Å². The molecule has 0 aliphatic rings. The molecule has 2 aromatic rings. The van der Waals surface area contributed by atoms with E-state index in [2.05, 4.69) is 71.4 Å². The van der Waals surface area contributed by atoms with Crippen LogP contribution >= 0.6 is 15.9 Å². The first-order chi connectivity index (χ1) is 9.83. The summed E-state index contributed by atoms with van der Waals surface area (Å²) in [6.07, 6.45) is 6.55. The molecule has 0 amide bonds. The summed E-state index contributed by atoms with van der Waals surface area (Å²) >= 11 is 3.48. The SMILES string of the molecule is CCCCCCc1ccc(-c2ccc(CBr)cc2)cc1. The van der Waals surface area contributed by atoms with Gasteiger partial charge in [0.15, 0.2) is 0 Å². The van der Waals surface area contributed by atoms with Gasteiger partial charge < -0.3 is 0 Å². The quantitative estimate of drug-likeness (QED) is 0.408. The monoisotopic (exact) mass is 330 g/mol. The fourth-order valence-electron chi connectivity index (χ4n) is 2.41. The lowest BCUT2D eigenvalue weighted by Crippen LogP contribution is -1.86. The minimum absolute atomic E-state index is 0.921. The van der Waals surface area contributed by atoms with Gasteiger partial charge in [0.25, 0.3) is 0 Å². The van der Waals surface area contributed by atoms with Gasteiger partial charge in [-0.15, -0.1) is 0 Å². The van der Waals surface area contributed by atoms with Gasteiger partial charge in [-0.2, -0.15) is 0 Å². The van der Waals surface area contributed by atoms with Crippen LogP contribution in [0.2, 0.25) is 0 Å². The Morgan fingerprint density at radius 1 is 0.700 bits per heavy atom. The molecule has 0 saturated heterocycles. The molecule has 0 atom stereocenters. The van der Waals surface area contributed by atoms with Crippen LogP contribution in [0.4, 0.5) is 0 Å². The van der Waals surface area contributed by atoms with E-state index in [-0.39, 0.29) is 0 Å². The number of hydrogen-bond donors (Lipinski definition) is 0. The van der Waals surface area contributed by atoms with Crippen LogP contribution in [0.3, 0.4) is 0 Å². The van der Waals surface area contributed by atoms with Crippen molar-refractivity contribution in [1.82, 2.24) is 0 Å². The largest absolute Gasteiger partial charge is 0.0876 e. The Bertz CT molecular complexity index is 496. The van der Waals surface area contributed by atoms with Gasteiger partial charge in [-0.3, -0.25) is 0 Å². The predicted molar refractivity (Wildman–Crippen MR) is 92.4 cm³/mol. The van der Waals surface area contributed by atoms with Crippen molar-refractivity contribution in [3.8, 4) is 11.1 Å². The van der Waals surface area contributed by atoms with Crippen LogP contribution in [0, 0.1) is 0 Å². The highest BCUT2D eigenvalue weighted by Gasteiger charge is 1.99. The number of benzene rings is 2. The fourth-order valence-corrected chi connectivity index (χ4v) is 2.78. The first kappa shape index (κ1) is 15.3. The molecule has 0 aliphatic carbocycles. The molecule has 0 aromatic heterocycles. The van der Waals surface area contributed by atoms with E-state index in [1.54, 1.807) is 0 Å². The summed E-state index contributed by atoms with van der Waals surface area (Å²) in [6, 6.07) is 17.8. The van der Waals surface area contributed by atoms with Crippen molar-refractivity contribution in [1.29, 1.82) is 0 Å². The molecule has 2 aromatic carbocycles. The van der Waals surface area contributed by atoms with Gasteiger partial charge in [0.05, 0.1) is 0 Å². The molecule has 2 rings (SSSR count). The van der Waals surface area contributed by atoms with Crippen molar-refractivity contribution >= 4 is 15.9 Å². The zero-order valence-corrected chi connectivity index (χ0v) is 13.8. The number of alkyl halides is 1. The maximum absolute atomic E-state index is 3.48. The summed E-state index contributed by atoms with van der Waals surface area (Å²) in [4.78, 5) is 0.